The summed E-state index contributed by atoms with van der Waals surface area (Å²) in [5.41, 5.74) is 7.78. The first-order valence-corrected chi connectivity index (χ1v) is 14.0. The summed E-state index contributed by atoms with van der Waals surface area (Å²) >= 11 is 3.94. The number of nitrogens with zero attached hydrogens (tertiary/aromatic N) is 1. The molecule has 1 aliphatic heterocycles. The van der Waals surface area contributed by atoms with E-state index in [0.717, 1.165) is 0 Å². The molecule has 3 aromatic carbocycles. The predicted molar refractivity (Wildman–Crippen MR) is 146 cm³/mol. The summed E-state index contributed by atoms with van der Waals surface area (Å²) in [5, 5.41) is 0. The summed E-state index contributed by atoms with van der Waals surface area (Å²) < 4.78 is 1.44. The van der Waals surface area contributed by atoms with Crippen LogP contribution in [0.4, 0.5) is 17.1 Å². The van der Waals surface area contributed by atoms with Gasteiger partial charge in [-0.05, 0) is 42.7 Å². The average Bonchev–Trinajstić information content (AvgIpc) is 2.85. The van der Waals surface area contributed by atoms with Crippen LogP contribution in [0, 0.1) is 0 Å². The molecule has 0 amide bonds. The quantitative estimate of drug-likeness (QED) is 0.217. The Morgan fingerprint density at radius 3 is 1.88 bits per heavy atom. The van der Waals surface area contributed by atoms with E-state index >= 15 is 0 Å². The molecule has 0 N–H and O–H groups in total. The van der Waals surface area contributed by atoms with Crippen LogP contribution < -0.4 is 4.90 Å². The minimum Gasteiger partial charge on any atom is -0.309 e. The Morgan fingerprint density at radius 2 is 1.25 bits per heavy atom. The van der Waals surface area contributed by atoms with Crippen molar-refractivity contribution in [3.05, 3.63) is 94.2 Å². The van der Waals surface area contributed by atoms with Crippen LogP contribution in [0.5, 0.6) is 0 Å². The third kappa shape index (κ3) is 5.10. The van der Waals surface area contributed by atoms with E-state index < -0.39 is 0 Å². The lowest BCUT2D eigenvalue weighted by atomic mass is 9.91. The van der Waals surface area contributed by atoms with Crippen LogP contribution in [0.25, 0.3) is 5.57 Å². The second-order valence-electron chi connectivity index (χ2n) is 8.19. The molecule has 0 unspecified atom stereocenters. The summed E-state index contributed by atoms with van der Waals surface area (Å²) in [6.45, 7) is 2.28. The topological polar surface area (TPSA) is 3.24 Å². The number of anilines is 3. The maximum absolute atomic E-state index is 2.41. The van der Waals surface area contributed by atoms with Crippen LogP contribution in [-0.4, -0.2) is 12.0 Å². The fourth-order valence-electron chi connectivity index (χ4n) is 4.39. The highest BCUT2D eigenvalue weighted by atomic mass is 32.2. The monoisotopic (exact) mass is 459 g/mol. The molecule has 1 aliphatic rings. The zero-order valence-corrected chi connectivity index (χ0v) is 20.9. The number of thioether (sulfide) groups is 2. The van der Waals surface area contributed by atoms with E-state index in [0.29, 0.717) is 0 Å². The van der Waals surface area contributed by atoms with Gasteiger partial charge >= 0.3 is 0 Å². The highest BCUT2D eigenvalue weighted by molar-refractivity contribution is 8.22. The molecule has 0 aromatic heterocycles. The first-order chi connectivity index (χ1) is 15.8. The fraction of sp³-hybridized carbons (Fsp3) is 0.310. The molecule has 166 valence electrons. The van der Waals surface area contributed by atoms with Gasteiger partial charge in [0.25, 0.3) is 0 Å². The predicted octanol–water partition coefficient (Wildman–Crippen LogP) is 9.64. The largest absolute Gasteiger partial charge is 0.309 e. The fourth-order valence-corrected chi connectivity index (χ4v) is 6.43. The van der Waals surface area contributed by atoms with E-state index in [-0.39, 0.29) is 0 Å². The molecular formula is C29H33NS2. The van der Waals surface area contributed by atoms with Crippen molar-refractivity contribution in [2.75, 3.05) is 16.9 Å². The molecular weight excluding hydrogens is 426 g/mol. The van der Waals surface area contributed by atoms with Crippen molar-refractivity contribution in [3.63, 3.8) is 0 Å². The van der Waals surface area contributed by atoms with Gasteiger partial charge in [-0.15, -0.1) is 23.5 Å². The van der Waals surface area contributed by atoms with Crippen molar-refractivity contribution in [1.82, 2.24) is 0 Å². The van der Waals surface area contributed by atoms with Crippen molar-refractivity contribution in [3.8, 4) is 0 Å². The molecule has 0 spiro atoms. The molecule has 3 heteroatoms. The van der Waals surface area contributed by atoms with E-state index in [4.69, 9.17) is 0 Å². The number of para-hydroxylation sites is 3. The normalized spacial score (nSPS) is 12.4. The maximum Gasteiger partial charge on any atom is 0.0541 e. The lowest BCUT2D eigenvalue weighted by Gasteiger charge is -2.35. The maximum atomic E-state index is 2.41. The van der Waals surface area contributed by atoms with Crippen molar-refractivity contribution in [1.29, 1.82) is 0 Å². The van der Waals surface area contributed by atoms with Gasteiger partial charge in [0, 0.05) is 26.6 Å². The second kappa shape index (κ2) is 11.7. The van der Waals surface area contributed by atoms with Crippen molar-refractivity contribution < 1.29 is 0 Å². The first kappa shape index (κ1) is 23.1. The van der Waals surface area contributed by atoms with Gasteiger partial charge in [-0.3, -0.25) is 0 Å². The summed E-state index contributed by atoms with van der Waals surface area (Å²) in [6, 6.07) is 28.5. The third-order valence-corrected chi connectivity index (χ3v) is 8.35. The van der Waals surface area contributed by atoms with E-state index in [2.05, 4.69) is 96.9 Å². The number of hydrogen-bond acceptors (Lipinski definition) is 3. The van der Waals surface area contributed by atoms with E-state index in [1.165, 1.54) is 82.3 Å². The Morgan fingerprint density at radius 1 is 0.688 bits per heavy atom. The molecule has 1 heterocycles. The molecule has 0 fully saturated rings. The molecule has 0 saturated heterocycles. The Kier molecular flexibility index (Phi) is 8.42. The summed E-state index contributed by atoms with van der Waals surface area (Å²) in [5.74, 6) is 1.19. The van der Waals surface area contributed by atoms with Crippen LogP contribution in [0.15, 0.2) is 83.1 Å². The van der Waals surface area contributed by atoms with Gasteiger partial charge in [-0.2, -0.15) is 0 Å². The van der Waals surface area contributed by atoms with Gasteiger partial charge in [0.2, 0.25) is 0 Å². The molecule has 3 aromatic rings. The summed E-state index contributed by atoms with van der Waals surface area (Å²) in [7, 11) is 0. The minimum absolute atomic E-state index is 1.19. The van der Waals surface area contributed by atoms with Crippen LogP contribution in [0.2, 0.25) is 0 Å². The van der Waals surface area contributed by atoms with Gasteiger partial charge in [-0.1, -0.05) is 93.6 Å². The molecule has 0 atom stereocenters. The van der Waals surface area contributed by atoms with Crippen molar-refractivity contribution >= 4 is 46.2 Å². The van der Waals surface area contributed by atoms with Crippen LogP contribution >= 0.6 is 23.5 Å². The Hall–Kier alpha value is -2.10. The lowest BCUT2D eigenvalue weighted by Crippen LogP contribution is -2.18. The lowest BCUT2D eigenvalue weighted by molar-refractivity contribution is 0.627. The molecule has 4 rings (SSSR count). The number of hydrogen-bond donors (Lipinski definition) is 0. The number of fused-ring (bicyclic) bond motifs is 2. The Bertz CT molecular complexity index is 992. The SMILES string of the molecule is CCCCCCCCSC(SC)=C1c2ccccc2N(c2ccccc2)c2ccccc21. The second-order valence-corrected chi connectivity index (χ2v) is 10.4. The molecule has 0 bridgehead atoms. The Labute approximate surface area is 202 Å². The van der Waals surface area contributed by atoms with Crippen LogP contribution in [0.1, 0.15) is 56.6 Å². The van der Waals surface area contributed by atoms with Gasteiger partial charge in [-0.25, -0.2) is 0 Å². The number of rotatable bonds is 10. The molecule has 32 heavy (non-hydrogen) atoms. The minimum atomic E-state index is 1.19. The zero-order chi connectivity index (χ0) is 22.2. The van der Waals surface area contributed by atoms with Gasteiger partial charge in [0.05, 0.1) is 11.4 Å². The Balaban J connectivity index is 1.68. The van der Waals surface area contributed by atoms with Gasteiger partial charge in [0.15, 0.2) is 0 Å². The van der Waals surface area contributed by atoms with Crippen LogP contribution in [0.3, 0.4) is 0 Å². The van der Waals surface area contributed by atoms with E-state index in [9.17, 15) is 0 Å². The number of benzene rings is 3. The molecule has 1 nitrogen and oxygen atoms in total. The molecule has 0 aliphatic carbocycles. The van der Waals surface area contributed by atoms with E-state index in [1.54, 1.807) is 0 Å². The van der Waals surface area contributed by atoms with Crippen molar-refractivity contribution in [2.45, 2.75) is 45.4 Å². The standard InChI is InChI=1S/C29H33NS2/c1-3-4-5-6-7-15-22-32-29(31-2)28-24-18-11-13-20-26(24)30(23-16-9-8-10-17-23)27-21-14-12-19-25(27)28/h8-14,16-21H,3-7,15,22H2,1-2H3. The highest BCUT2D eigenvalue weighted by Crippen LogP contribution is 2.52. The third-order valence-electron chi connectivity index (χ3n) is 5.96. The molecule has 0 saturated carbocycles. The average molecular weight is 460 g/mol. The first-order valence-electron chi connectivity index (χ1n) is 11.8. The number of unbranched alkanes of at least 4 members (excludes halogenated alkanes) is 5. The summed E-state index contributed by atoms with van der Waals surface area (Å²) in [6.07, 6.45) is 10.3. The zero-order valence-electron chi connectivity index (χ0n) is 19.2. The van der Waals surface area contributed by atoms with Gasteiger partial charge < -0.3 is 4.90 Å². The van der Waals surface area contributed by atoms with Gasteiger partial charge in [0.1, 0.15) is 0 Å². The summed E-state index contributed by atoms with van der Waals surface area (Å²) in [4.78, 5) is 2.41. The van der Waals surface area contributed by atoms with Crippen LogP contribution in [-0.2, 0) is 0 Å². The molecule has 0 radical (unpaired) electrons. The highest BCUT2D eigenvalue weighted by Gasteiger charge is 2.28. The smallest absolute Gasteiger partial charge is 0.0541 e. The van der Waals surface area contributed by atoms with E-state index in [1.807, 2.05) is 23.5 Å². The van der Waals surface area contributed by atoms with Crippen molar-refractivity contribution in [2.24, 2.45) is 0 Å².